The van der Waals surface area contributed by atoms with Gasteiger partial charge in [0.05, 0.1) is 11.9 Å². The molecular formula is C18H22N4O3S. The average Bonchev–Trinajstić information content (AvgIpc) is 2.66. The molecule has 3 heterocycles. The number of pyridine rings is 2. The van der Waals surface area contributed by atoms with Gasteiger partial charge in [-0.25, -0.2) is 12.7 Å². The predicted molar refractivity (Wildman–Crippen MR) is 98.5 cm³/mol. The van der Waals surface area contributed by atoms with E-state index >= 15 is 0 Å². The quantitative estimate of drug-likeness (QED) is 0.855. The molecule has 8 heteroatoms. The molecule has 1 aliphatic rings. The Morgan fingerprint density at radius 2 is 1.88 bits per heavy atom. The van der Waals surface area contributed by atoms with E-state index in [1.54, 1.807) is 18.6 Å². The molecule has 0 aliphatic carbocycles. The van der Waals surface area contributed by atoms with E-state index in [-0.39, 0.29) is 11.8 Å². The van der Waals surface area contributed by atoms with Gasteiger partial charge >= 0.3 is 0 Å². The van der Waals surface area contributed by atoms with Crippen molar-refractivity contribution in [2.45, 2.75) is 19.4 Å². The highest BCUT2D eigenvalue weighted by atomic mass is 32.2. The summed E-state index contributed by atoms with van der Waals surface area (Å²) < 4.78 is 24.5. The van der Waals surface area contributed by atoms with E-state index in [0.717, 1.165) is 16.8 Å². The smallest absolute Gasteiger partial charge is 0.223 e. The summed E-state index contributed by atoms with van der Waals surface area (Å²) in [5.41, 5.74) is 2.70. The first-order valence-corrected chi connectivity index (χ1v) is 10.4. The Morgan fingerprint density at radius 1 is 1.19 bits per heavy atom. The van der Waals surface area contributed by atoms with Crippen LogP contribution in [0.15, 0.2) is 42.9 Å². The Morgan fingerprint density at radius 3 is 2.54 bits per heavy atom. The van der Waals surface area contributed by atoms with Gasteiger partial charge in [-0.2, -0.15) is 0 Å². The van der Waals surface area contributed by atoms with Crippen molar-refractivity contribution in [3.8, 4) is 11.3 Å². The minimum absolute atomic E-state index is 0.0392. The maximum atomic E-state index is 12.5. The summed E-state index contributed by atoms with van der Waals surface area (Å²) >= 11 is 0. The maximum Gasteiger partial charge on any atom is 0.223 e. The zero-order chi connectivity index (χ0) is 18.6. The summed E-state index contributed by atoms with van der Waals surface area (Å²) in [5, 5.41) is 2.97. The number of nitrogens with zero attached hydrogens (tertiary/aromatic N) is 3. The fourth-order valence-corrected chi connectivity index (χ4v) is 4.00. The molecule has 3 rings (SSSR count). The van der Waals surface area contributed by atoms with Crippen LogP contribution in [0.3, 0.4) is 0 Å². The number of piperidine rings is 1. The van der Waals surface area contributed by atoms with Gasteiger partial charge in [-0.3, -0.25) is 14.8 Å². The number of rotatable bonds is 5. The Labute approximate surface area is 153 Å². The Balaban J connectivity index is 1.61. The Hall–Kier alpha value is -2.32. The van der Waals surface area contributed by atoms with Crippen LogP contribution >= 0.6 is 0 Å². The molecule has 26 heavy (non-hydrogen) atoms. The summed E-state index contributed by atoms with van der Waals surface area (Å²) in [4.78, 5) is 20.9. The number of aromatic nitrogens is 2. The number of sulfonamides is 1. The lowest BCUT2D eigenvalue weighted by Gasteiger charge is -2.29. The first-order valence-electron chi connectivity index (χ1n) is 8.52. The van der Waals surface area contributed by atoms with E-state index in [1.165, 1.54) is 10.6 Å². The lowest BCUT2D eigenvalue weighted by molar-refractivity contribution is -0.126. The van der Waals surface area contributed by atoms with Gasteiger partial charge in [-0.1, -0.05) is 6.07 Å². The van der Waals surface area contributed by atoms with Crippen molar-refractivity contribution in [3.05, 3.63) is 48.4 Å². The highest BCUT2D eigenvalue weighted by Gasteiger charge is 2.28. The van der Waals surface area contributed by atoms with Crippen molar-refractivity contribution in [3.63, 3.8) is 0 Å². The van der Waals surface area contributed by atoms with E-state index in [0.29, 0.717) is 32.5 Å². The number of amides is 1. The molecule has 1 saturated heterocycles. The molecule has 0 radical (unpaired) electrons. The summed E-state index contributed by atoms with van der Waals surface area (Å²) in [5.74, 6) is -0.197. The van der Waals surface area contributed by atoms with E-state index < -0.39 is 10.0 Å². The standard InChI is InChI=1S/C18H22N4O3S/c1-26(24,25)22-11-6-15(7-12-22)18(23)21-13-16-3-2-8-20-17(16)14-4-9-19-10-5-14/h2-5,8-10,15H,6-7,11-13H2,1H3,(H,21,23). The largest absolute Gasteiger partial charge is 0.352 e. The molecule has 0 unspecified atom stereocenters. The van der Waals surface area contributed by atoms with Crippen LogP contribution in [0.1, 0.15) is 18.4 Å². The van der Waals surface area contributed by atoms with Crippen LogP contribution in [0.25, 0.3) is 11.3 Å². The molecule has 1 N–H and O–H groups in total. The van der Waals surface area contributed by atoms with Gasteiger partial charge in [0.25, 0.3) is 0 Å². The molecule has 2 aromatic rings. The van der Waals surface area contributed by atoms with Gasteiger partial charge in [-0.15, -0.1) is 0 Å². The van der Waals surface area contributed by atoms with Gasteiger partial charge in [0, 0.05) is 49.7 Å². The Bertz CT molecular complexity index is 863. The van der Waals surface area contributed by atoms with Crippen LogP contribution in [0.2, 0.25) is 0 Å². The van der Waals surface area contributed by atoms with Crippen LogP contribution in [0, 0.1) is 5.92 Å². The zero-order valence-corrected chi connectivity index (χ0v) is 15.4. The topological polar surface area (TPSA) is 92.3 Å². The van der Waals surface area contributed by atoms with Crippen molar-refractivity contribution in [2.24, 2.45) is 5.92 Å². The third-order valence-corrected chi connectivity index (χ3v) is 5.90. The second kappa shape index (κ2) is 7.92. The third-order valence-electron chi connectivity index (χ3n) is 4.59. The fourth-order valence-electron chi connectivity index (χ4n) is 3.13. The summed E-state index contributed by atoms with van der Waals surface area (Å²) in [6.45, 7) is 1.18. The molecule has 0 bridgehead atoms. The Kier molecular flexibility index (Phi) is 5.63. The van der Waals surface area contributed by atoms with Crippen molar-refractivity contribution in [1.29, 1.82) is 0 Å². The van der Waals surface area contributed by atoms with E-state index in [2.05, 4.69) is 15.3 Å². The van der Waals surface area contributed by atoms with Gasteiger partial charge in [-0.05, 0) is 36.6 Å². The molecule has 0 spiro atoms. The lowest BCUT2D eigenvalue weighted by atomic mass is 9.97. The second-order valence-electron chi connectivity index (χ2n) is 6.40. The molecule has 0 atom stereocenters. The van der Waals surface area contributed by atoms with Gasteiger partial charge in [0.2, 0.25) is 15.9 Å². The highest BCUT2D eigenvalue weighted by molar-refractivity contribution is 7.88. The highest BCUT2D eigenvalue weighted by Crippen LogP contribution is 2.22. The average molecular weight is 374 g/mol. The number of hydrogen-bond donors (Lipinski definition) is 1. The van der Waals surface area contributed by atoms with E-state index in [9.17, 15) is 13.2 Å². The van der Waals surface area contributed by atoms with Gasteiger partial charge in [0.1, 0.15) is 0 Å². The maximum absolute atomic E-state index is 12.5. The molecule has 2 aromatic heterocycles. The van der Waals surface area contributed by atoms with Crippen molar-refractivity contribution < 1.29 is 13.2 Å². The summed E-state index contributed by atoms with van der Waals surface area (Å²) in [6.07, 6.45) is 7.44. The van der Waals surface area contributed by atoms with Crippen molar-refractivity contribution in [1.82, 2.24) is 19.6 Å². The molecule has 0 aromatic carbocycles. The van der Waals surface area contributed by atoms with Crippen LogP contribution in [-0.2, 0) is 21.4 Å². The second-order valence-corrected chi connectivity index (χ2v) is 8.38. The molecule has 1 aliphatic heterocycles. The van der Waals surface area contributed by atoms with E-state index in [1.807, 2.05) is 24.3 Å². The van der Waals surface area contributed by atoms with Crippen LogP contribution in [0.5, 0.6) is 0 Å². The van der Waals surface area contributed by atoms with E-state index in [4.69, 9.17) is 0 Å². The lowest BCUT2D eigenvalue weighted by Crippen LogP contribution is -2.42. The van der Waals surface area contributed by atoms with Crippen molar-refractivity contribution in [2.75, 3.05) is 19.3 Å². The molecule has 7 nitrogen and oxygen atoms in total. The number of nitrogens with one attached hydrogen (secondary N) is 1. The van der Waals surface area contributed by atoms with Gasteiger partial charge in [0.15, 0.2) is 0 Å². The predicted octanol–water partition coefficient (Wildman–Crippen LogP) is 1.43. The van der Waals surface area contributed by atoms with Crippen LogP contribution in [0.4, 0.5) is 0 Å². The first-order chi connectivity index (χ1) is 12.4. The zero-order valence-electron chi connectivity index (χ0n) is 14.6. The SMILES string of the molecule is CS(=O)(=O)N1CCC(C(=O)NCc2cccnc2-c2ccncc2)CC1. The minimum Gasteiger partial charge on any atom is -0.352 e. The summed E-state index contributed by atoms with van der Waals surface area (Å²) in [7, 11) is -3.18. The molecule has 138 valence electrons. The number of carbonyl (C=O) groups excluding carboxylic acids is 1. The van der Waals surface area contributed by atoms with Crippen LogP contribution in [-0.4, -0.2) is 47.9 Å². The first kappa shape index (κ1) is 18.5. The third kappa shape index (κ3) is 4.44. The number of hydrogen-bond acceptors (Lipinski definition) is 5. The minimum atomic E-state index is -3.18. The molecule has 0 saturated carbocycles. The summed E-state index contributed by atoms with van der Waals surface area (Å²) in [6, 6.07) is 7.55. The van der Waals surface area contributed by atoms with Gasteiger partial charge < -0.3 is 5.32 Å². The molecular weight excluding hydrogens is 352 g/mol. The fraction of sp³-hybridized carbons (Fsp3) is 0.389. The van der Waals surface area contributed by atoms with Crippen LogP contribution < -0.4 is 5.32 Å². The normalized spacial score (nSPS) is 16.3. The molecule has 1 fully saturated rings. The monoisotopic (exact) mass is 374 g/mol. The van der Waals surface area contributed by atoms with Crippen molar-refractivity contribution >= 4 is 15.9 Å². The molecule has 1 amide bonds. The number of carbonyl (C=O) groups is 1.